The van der Waals surface area contributed by atoms with Gasteiger partial charge in [0.15, 0.2) is 5.58 Å². The zero-order valence-electron chi connectivity index (χ0n) is 9.77. The molecule has 1 heterocycles. The van der Waals surface area contributed by atoms with Crippen molar-refractivity contribution in [3.63, 3.8) is 0 Å². The van der Waals surface area contributed by atoms with Crippen molar-refractivity contribution >= 4 is 39.4 Å². The molecular formula is C14H11IN2O. The molecule has 0 aliphatic carbocycles. The average molecular weight is 350 g/mol. The van der Waals surface area contributed by atoms with Gasteiger partial charge in [0, 0.05) is 14.8 Å². The minimum Gasteiger partial charge on any atom is -0.436 e. The van der Waals surface area contributed by atoms with E-state index >= 15 is 0 Å². The molecule has 2 aromatic carbocycles. The van der Waals surface area contributed by atoms with Gasteiger partial charge in [0.2, 0.25) is 5.89 Å². The highest BCUT2D eigenvalue weighted by Crippen LogP contribution is 2.27. The Labute approximate surface area is 118 Å². The summed E-state index contributed by atoms with van der Waals surface area (Å²) in [6.07, 6.45) is 0. The summed E-state index contributed by atoms with van der Waals surface area (Å²) in [5.74, 6) is 0.633. The van der Waals surface area contributed by atoms with Gasteiger partial charge in [0.05, 0.1) is 0 Å². The molecule has 18 heavy (non-hydrogen) atoms. The van der Waals surface area contributed by atoms with Crippen LogP contribution in [0.2, 0.25) is 0 Å². The number of nitrogens with two attached hydrogens (primary N) is 1. The van der Waals surface area contributed by atoms with E-state index in [1.807, 2.05) is 24.3 Å². The standard InChI is InChI=1S/C14H11IN2O/c1-8-2-3-9(6-11(8)15)14-17-12-7-10(16)4-5-13(12)18-14/h2-7H,16H2,1H3. The fourth-order valence-corrected chi connectivity index (χ4v) is 2.31. The molecule has 0 saturated heterocycles. The highest BCUT2D eigenvalue weighted by molar-refractivity contribution is 14.1. The van der Waals surface area contributed by atoms with Gasteiger partial charge in [-0.3, -0.25) is 0 Å². The number of rotatable bonds is 1. The van der Waals surface area contributed by atoms with E-state index in [2.05, 4.69) is 46.6 Å². The van der Waals surface area contributed by atoms with Crippen molar-refractivity contribution in [1.82, 2.24) is 4.98 Å². The predicted octanol–water partition coefficient (Wildman–Crippen LogP) is 3.99. The summed E-state index contributed by atoms with van der Waals surface area (Å²) in [6, 6.07) is 11.6. The van der Waals surface area contributed by atoms with Gasteiger partial charge in [0.1, 0.15) is 5.52 Å². The first-order valence-corrected chi connectivity index (χ1v) is 6.64. The molecule has 2 N–H and O–H groups in total. The number of anilines is 1. The maximum absolute atomic E-state index is 5.73. The second-order valence-electron chi connectivity index (χ2n) is 4.21. The van der Waals surface area contributed by atoms with Crippen LogP contribution in [0.15, 0.2) is 40.8 Å². The second-order valence-corrected chi connectivity index (χ2v) is 5.37. The topological polar surface area (TPSA) is 52.0 Å². The molecule has 4 heteroatoms. The summed E-state index contributed by atoms with van der Waals surface area (Å²) in [4.78, 5) is 4.46. The fraction of sp³-hybridized carbons (Fsp3) is 0.0714. The molecule has 90 valence electrons. The zero-order chi connectivity index (χ0) is 12.7. The van der Waals surface area contributed by atoms with Crippen LogP contribution >= 0.6 is 22.6 Å². The van der Waals surface area contributed by atoms with Gasteiger partial charge in [0.25, 0.3) is 0 Å². The molecule has 0 saturated carbocycles. The van der Waals surface area contributed by atoms with Crippen molar-refractivity contribution in [2.45, 2.75) is 6.92 Å². The van der Waals surface area contributed by atoms with Crippen molar-refractivity contribution in [3.8, 4) is 11.5 Å². The SMILES string of the molecule is Cc1ccc(-c2nc3cc(N)ccc3o2)cc1I. The molecule has 3 aromatic rings. The summed E-state index contributed by atoms with van der Waals surface area (Å²) in [5.41, 5.74) is 10.2. The van der Waals surface area contributed by atoms with Crippen molar-refractivity contribution in [2.75, 3.05) is 5.73 Å². The van der Waals surface area contributed by atoms with Gasteiger partial charge in [-0.25, -0.2) is 4.98 Å². The predicted molar refractivity (Wildman–Crippen MR) is 81.3 cm³/mol. The lowest BCUT2D eigenvalue weighted by Gasteiger charge is -1.99. The Kier molecular flexibility index (Phi) is 2.74. The molecule has 0 bridgehead atoms. The number of hydrogen-bond acceptors (Lipinski definition) is 3. The maximum Gasteiger partial charge on any atom is 0.227 e. The van der Waals surface area contributed by atoms with Crippen molar-refractivity contribution in [2.24, 2.45) is 0 Å². The summed E-state index contributed by atoms with van der Waals surface area (Å²) in [7, 11) is 0. The summed E-state index contributed by atoms with van der Waals surface area (Å²) < 4.78 is 6.93. The largest absolute Gasteiger partial charge is 0.436 e. The van der Waals surface area contributed by atoms with E-state index in [0.717, 1.165) is 16.7 Å². The van der Waals surface area contributed by atoms with E-state index in [1.54, 1.807) is 0 Å². The molecule has 0 atom stereocenters. The van der Waals surface area contributed by atoms with Crippen molar-refractivity contribution < 1.29 is 4.42 Å². The number of aryl methyl sites for hydroxylation is 1. The molecule has 1 aromatic heterocycles. The monoisotopic (exact) mass is 350 g/mol. The minimum absolute atomic E-state index is 0.633. The van der Waals surface area contributed by atoms with E-state index in [1.165, 1.54) is 9.13 Å². The van der Waals surface area contributed by atoms with E-state index in [0.29, 0.717) is 11.6 Å². The molecule has 0 radical (unpaired) electrons. The lowest BCUT2D eigenvalue weighted by atomic mass is 10.1. The fourth-order valence-electron chi connectivity index (χ4n) is 1.79. The normalized spacial score (nSPS) is 11.0. The highest BCUT2D eigenvalue weighted by atomic mass is 127. The number of benzene rings is 2. The average Bonchev–Trinajstić information content (AvgIpc) is 2.75. The Hall–Kier alpha value is -1.56. The van der Waals surface area contributed by atoms with Crippen molar-refractivity contribution in [1.29, 1.82) is 0 Å². The number of halogens is 1. The van der Waals surface area contributed by atoms with E-state index in [4.69, 9.17) is 10.2 Å². The molecule has 0 fully saturated rings. The second kappa shape index (κ2) is 4.28. The first-order valence-electron chi connectivity index (χ1n) is 5.56. The Bertz CT molecular complexity index is 734. The van der Waals surface area contributed by atoms with Crippen molar-refractivity contribution in [3.05, 3.63) is 45.5 Å². The summed E-state index contributed by atoms with van der Waals surface area (Å²) in [5, 5.41) is 0. The van der Waals surface area contributed by atoms with Gasteiger partial charge in [-0.15, -0.1) is 0 Å². The van der Waals surface area contributed by atoms with Crippen LogP contribution in [0.25, 0.3) is 22.6 Å². The number of oxazole rings is 1. The molecular weight excluding hydrogens is 339 g/mol. The van der Waals surface area contributed by atoms with Gasteiger partial charge in [-0.05, 0) is 65.4 Å². The Morgan fingerprint density at radius 1 is 1.17 bits per heavy atom. The number of nitrogens with zero attached hydrogens (tertiary/aromatic N) is 1. The molecule has 0 aliphatic heterocycles. The molecule has 0 amide bonds. The number of nitrogen functional groups attached to an aromatic ring is 1. The molecule has 3 nitrogen and oxygen atoms in total. The third-order valence-electron chi connectivity index (χ3n) is 2.83. The zero-order valence-corrected chi connectivity index (χ0v) is 11.9. The number of aromatic nitrogens is 1. The van der Waals surface area contributed by atoms with Crippen LogP contribution in [0.3, 0.4) is 0 Å². The minimum atomic E-state index is 0.633. The van der Waals surface area contributed by atoms with Crippen LogP contribution in [0.5, 0.6) is 0 Å². The van der Waals surface area contributed by atoms with Crippen LogP contribution in [-0.4, -0.2) is 4.98 Å². The van der Waals surface area contributed by atoms with Gasteiger partial charge < -0.3 is 10.2 Å². The van der Waals surface area contributed by atoms with Crippen LogP contribution < -0.4 is 5.73 Å². The Morgan fingerprint density at radius 3 is 2.78 bits per heavy atom. The van der Waals surface area contributed by atoms with Crippen LogP contribution in [-0.2, 0) is 0 Å². The van der Waals surface area contributed by atoms with E-state index in [9.17, 15) is 0 Å². The van der Waals surface area contributed by atoms with Gasteiger partial charge in [-0.2, -0.15) is 0 Å². The number of hydrogen-bond donors (Lipinski definition) is 1. The van der Waals surface area contributed by atoms with Gasteiger partial charge >= 0.3 is 0 Å². The third kappa shape index (κ3) is 1.96. The quantitative estimate of drug-likeness (QED) is 0.533. The molecule has 0 unspecified atom stereocenters. The van der Waals surface area contributed by atoms with E-state index in [-0.39, 0.29) is 0 Å². The summed E-state index contributed by atoms with van der Waals surface area (Å²) >= 11 is 2.31. The van der Waals surface area contributed by atoms with Crippen LogP contribution in [0.1, 0.15) is 5.56 Å². The highest BCUT2D eigenvalue weighted by Gasteiger charge is 2.09. The first kappa shape index (κ1) is 11.5. The van der Waals surface area contributed by atoms with Gasteiger partial charge in [-0.1, -0.05) is 6.07 Å². The Morgan fingerprint density at radius 2 is 2.00 bits per heavy atom. The van der Waals surface area contributed by atoms with Crippen LogP contribution in [0.4, 0.5) is 5.69 Å². The number of fused-ring (bicyclic) bond motifs is 1. The lowest BCUT2D eigenvalue weighted by molar-refractivity contribution is 0.620. The smallest absolute Gasteiger partial charge is 0.227 e. The van der Waals surface area contributed by atoms with E-state index < -0.39 is 0 Å². The lowest BCUT2D eigenvalue weighted by Crippen LogP contribution is -1.83. The Balaban J connectivity index is 2.16. The summed E-state index contributed by atoms with van der Waals surface area (Å²) in [6.45, 7) is 2.08. The molecule has 0 aliphatic rings. The molecule has 3 rings (SSSR count). The molecule has 0 spiro atoms. The third-order valence-corrected chi connectivity index (χ3v) is 3.99. The maximum atomic E-state index is 5.73. The first-order chi connectivity index (χ1) is 8.63. The van der Waals surface area contributed by atoms with Crippen LogP contribution in [0, 0.1) is 10.5 Å².